The van der Waals surface area contributed by atoms with Gasteiger partial charge in [-0.05, 0) is 18.1 Å². The lowest BCUT2D eigenvalue weighted by Gasteiger charge is -2.39. The van der Waals surface area contributed by atoms with E-state index in [4.69, 9.17) is 5.11 Å². The predicted octanol–water partition coefficient (Wildman–Crippen LogP) is 1.42. The van der Waals surface area contributed by atoms with Crippen LogP contribution in [0.5, 0.6) is 0 Å². The van der Waals surface area contributed by atoms with Crippen LogP contribution in [-0.4, -0.2) is 41.1 Å². The van der Waals surface area contributed by atoms with E-state index in [0.29, 0.717) is 0 Å². The fourth-order valence-corrected chi connectivity index (χ4v) is 2.19. The topological polar surface area (TPSA) is 57.6 Å². The number of carboxylic acids is 1. The van der Waals surface area contributed by atoms with Crippen molar-refractivity contribution in [1.82, 2.24) is 4.90 Å². The predicted molar refractivity (Wildman–Crippen MR) is 67.5 cm³/mol. The summed E-state index contributed by atoms with van der Waals surface area (Å²) in [4.78, 5) is 23.9. The molecule has 0 radical (unpaired) electrons. The van der Waals surface area contributed by atoms with Crippen molar-refractivity contribution in [2.75, 3.05) is 13.1 Å². The average Bonchev–Trinajstić information content (AvgIpc) is 2.30. The maximum Gasteiger partial charge on any atom is 0.338 e. The van der Waals surface area contributed by atoms with Gasteiger partial charge in [-0.15, -0.1) is 0 Å². The quantitative estimate of drug-likeness (QED) is 0.895. The minimum atomic E-state index is -1.87. The van der Waals surface area contributed by atoms with Crippen LogP contribution in [-0.2, 0) is 16.0 Å². The Bertz CT molecular complexity index is 497. The molecular weight excluding hydrogens is 249 g/mol. The molecule has 1 aliphatic rings. The lowest BCUT2D eigenvalue weighted by atomic mass is 9.93. The Morgan fingerprint density at radius 3 is 2.63 bits per heavy atom. The molecule has 0 aliphatic carbocycles. The van der Waals surface area contributed by atoms with Gasteiger partial charge in [0, 0.05) is 19.0 Å². The number of halogens is 1. The van der Waals surface area contributed by atoms with Crippen molar-refractivity contribution in [3.05, 3.63) is 35.4 Å². The minimum Gasteiger partial charge on any atom is -0.479 e. The molecule has 1 heterocycles. The Balaban J connectivity index is 1.87. The molecule has 1 aromatic carbocycles. The first-order valence-corrected chi connectivity index (χ1v) is 6.18. The highest BCUT2D eigenvalue weighted by Gasteiger charge is 2.39. The molecule has 2 rings (SSSR count). The van der Waals surface area contributed by atoms with E-state index in [0.717, 1.165) is 11.1 Å². The van der Waals surface area contributed by atoms with Crippen LogP contribution < -0.4 is 0 Å². The van der Waals surface area contributed by atoms with Gasteiger partial charge in [-0.1, -0.05) is 24.3 Å². The van der Waals surface area contributed by atoms with Gasteiger partial charge in [0.15, 0.2) is 0 Å². The van der Waals surface area contributed by atoms with E-state index < -0.39 is 18.1 Å². The van der Waals surface area contributed by atoms with Gasteiger partial charge in [0.05, 0.1) is 6.42 Å². The summed E-state index contributed by atoms with van der Waals surface area (Å²) in [5.41, 5.74) is 1.99. The number of likely N-dealkylation sites (tertiary alicyclic amines) is 1. The molecule has 1 aliphatic heterocycles. The molecule has 0 bridgehead atoms. The maximum atomic E-state index is 13.2. The zero-order chi connectivity index (χ0) is 14.0. The van der Waals surface area contributed by atoms with Gasteiger partial charge in [0.2, 0.25) is 12.1 Å². The normalized spacial score (nSPS) is 16.8. The van der Waals surface area contributed by atoms with E-state index in [-0.39, 0.29) is 25.4 Å². The van der Waals surface area contributed by atoms with Crippen molar-refractivity contribution in [2.24, 2.45) is 5.92 Å². The molecule has 1 aromatic rings. The number of carbonyl (C=O) groups is 2. The van der Waals surface area contributed by atoms with Crippen LogP contribution in [0.15, 0.2) is 24.3 Å². The Kier molecular flexibility index (Phi) is 3.83. The van der Waals surface area contributed by atoms with Gasteiger partial charge < -0.3 is 10.0 Å². The molecule has 1 atom stereocenters. The first kappa shape index (κ1) is 13.5. The summed E-state index contributed by atoms with van der Waals surface area (Å²) in [7, 11) is 0. The number of aliphatic carboxylic acids is 1. The standard InChI is InChI=1S/C14H16FNO3/c1-9-4-2-3-5-10(9)6-12(17)16-7-11(8-16)13(15)14(18)19/h2-5,11,13H,6-8H2,1H3,(H,18,19)/t13-/m1/s1. The smallest absolute Gasteiger partial charge is 0.338 e. The molecule has 102 valence electrons. The van der Waals surface area contributed by atoms with E-state index in [2.05, 4.69) is 0 Å². The van der Waals surface area contributed by atoms with E-state index >= 15 is 0 Å². The van der Waals surface area contributed by atoms with Crippen LogP contribution in [0, 0.1) is 12.8 Å². The molecule has 4 nitrogen and oxygen atoms in total. The molecule has 5 heteroatoms. The molecule has 19 heavy (non-hydrogen) atoms. The van der Waals surface area contributed by atoms with Gasteiger partial charge in [-0.25, -0.2) is 9.18 Å². The van der Waals surface area contributed by atoms with Crippen molar-refractivity contribution in [2.45, 2.75) is 19.5 Å². The molecular formula is C14H16FNO3. The number of nitrogens with zero attached hydrogens (tertiary/aromatic N) is 1. The zero-order valence-corrected chi connectivity index (χ0v) is 10.7. The summed E-state index contributed by atoms with van der Waals surface area (Å²) in [6.45, 7) is 2.32. The highest BCUT2D eigenvalue weighted by atomic mass is 19.1. The van der Waals surface area contributed by atoms with Crippen LogP contribution >= 0.6 is 0 Å². The molecule has 1 N–H and O–H groups in total. The zero-order valence-electron chi connectivity index (χ0n) is 10.7. The van der Waals surface area contributed by atoms with Crippen LogP contribution in [0.2, 0.25) is 0 Å². The van der Waals surface area contributed by atoms with Gasteiger partial charge in [-0.3, -0.25) is 4.79 Å². The number of hydrogen-bond acceptors (Lipinski definition) is 2. The second-order valence-electron chi connectivity index (χ2n) is 4.90. The largest absolute Gasteiger partial charge is 0.479 e. The molecule has 0 spiro atoms. The molecule has 1 amide bonds. The Labute approximate surface area is 110 Å². The summed E-state index contributed by atoms with van der Waals surface area (Å²) >= 11 is 0. The van der Waals surface area contributed by atoms with Crippen molar-refractivity contribution < 1.29 is 19.1 Å². The van der Waals surface area contributed by atoms with Crippen molar-refractivity contribution >= 4 is 11.9 Å². The number of benzene rings is 1. The summed E-state index contributed by atoms with van der Waals surface area (Å²) in [5.74, 6) is -2.10. The highest BCUT2D eigenvalue weighted by Crippen LogP contribution is 2.23. The lowest BCUT2D eigenvalue weighted by molar-refractivity contribution is -0.152. The minimum absolute atomic E-state index is 0.0804. The molecule has 1 saturated heterocycles. The Morgan fingerprint density at radius 2 is 2.05 bits per heavy atom. The first-order chi connectivity index (χ1) is 8.99. The maximum absolute atomic E-state index is 13.2. The fraction of sp³-hybridized carbons (Fsp3) is 0.429. The third-order valence-electron chi connectivity index (χ3n) is 3.52. The monoisotopic (exact) mass is 265 g/mol. The number of alkyl halides is 1. The van der Waals surface area contributed by atoms with Crippen molar-refractivity contribution in [1.29, 1.82) is 0 Å². The first-order valence-electron chi connectivity index (χ1n) is 6.18. The second-order valence-corrected chi connectivity index (χ2v) is 4.90. The van der Waals surface area contributed by atoms with Crippen LogP contribution in [0.1, 0.15) is 11.1 Å². The van der Waals surface area contributed by atoms with Crippen molar-refractivity contribution in [3.8, 4) is 0 Å². The van der Waals surface area contributed by atoms with E-state index in [1.54, 1.807) is 0 Å². The number of hydrogen-bond donors (Lipinski definition) is 1. The van der Waals surface area contributed by atoms with Crippen LogP contribution in [0.3, 0.4) is 0 Å². The summed E-state index contributed by atoms with van der Waals surface area (Å²) in [5, 5.41) is 8.54. The van der Waals surface area contributed by atoms with Crippen LogP contribution in [0.4, 0.5) is 4.39 Å². The summed E-state index contributed by atoms with van der Waals surface area (Å²) in [6.07, 6.45) is -1.59. The van der Waals surface area contributed by atoms with Gasteiger partial charge in [-0.2, -0.15) is 0 Å². The Morgan fingerprint density at radius 1 is 1.42 bits per heavy atom. The van der Waals surface area contributed by atoms with Gasteiger partial charge in [0.25, 0.3) is 0 Å². The number of amides is 1. The lowest BCUT2D eigenvalue weighted by Crippen LogP contribution is -2.55. The number of rotatable bonds is 4. The number of carbonyl (C=O) groups excluding carboxylic acids is 1. The Hall–Kier alpha value is -1.91. The SMILES string of the molecule is Cc1ccccc1CC(=O)N1CC([C@@H](F)C(=O)O)C1. The summed E-state index contributed by atoms with van der Waals surface area (Å²) < 4.78 is 13.2. The second kappa shape index (κ2) is 5.38. The van der Waals surface area contributed by atoms with Crippen LogP contribution in [0.25, 0.3) is 0 Å². The highest BCUT2D eigenvalue weighted by molar-refractivity contribution is 5.80. The summed E-state index contributed by atoms with van der Waals surface area (Å²) in [6, 6.07) is 7.60. The molecule has 0 saturated carbocycles. The van der Waals surface area contributed by atoms with E-state index in [1.807, 2.05) is 31.2 Å². The van der Waals surface area contributed by atoms with E-state index in [1.165, 1.54) is 4.90 Å². The van der Waals surface area contributed by atoms with Crippen molar-refractivity contribution in [3.63, 3.8) is 0 Å². The average molecular weight is 265 g/mol. The molecule has 0 aromatic heterocycles. The molecule has 0 unspecified atom stereocenters. The van der Waals surface area contributed by atoms with Gasteiger partial charge >= 0.3 is 5.97 Å². The molecule has 1 fully saturated rings. The third kappa shape index (κ3) is 2.92. The number of aryl methyl sites for hydroxylation is 1. The van der Waals surface area contributed by atoms with Gasteiger partial charge in [0.1, 0.15) is 0 Å². The fourth-order valence-electron chi connectivity index (χ4n) is 2.19. The third-order valence-corrected chi connectivity index (χ3v) is 3.52. The number of carboxylic acid groups (broad SMARTS) is 1. The van der Waals surface area contributed by atoms with E-state index in [9.17, 15) is 14.0 Å².